The molecule has 3 aromatic rings. The fraction of sp³-hybridized carbons (Fsp3) is 0.176. The number of rotatable bonds is 4. The Bertz CT molecular complexity index is 657. The minimum Gasteiger partial charge on any atom is -0.327 e. The molecule has 0 amide bonds. The lowest BCUT2D eigenvalue weighted by molar-refractivity contribution is 0.668. The van der Waals surface area contributed by atoms with Crippen LogP contribution in [-0.2, 0) is 12.8 Å². The van der Waals surface area contributed by atoms with E-state index in [1.165, 1.54) is 21.2 Å². The molecular formula is C17H17NS. The van der Waals surface area contributed by atoms with Crippen molar-refractivity contribution in [2.24, 2.45) is 5.73 Å². The molecular weight excluding hydrogens is 250 g/mol. The Morgan fingerprint density at radius 2 is 1.63 bits per heavy atom. The number of hydrogen-bond acceptors (Lipinski definition) is 2. The molecule has 0 bridgehead atoms. The zero-order chi connectivity index (χ0) is 13.1. The Morgan fingerprint density at radius 3 is 2.47 bits per heavy atom. The highest BCUT2D eigenvalue weighted by Crippen LogP contribution is 2.26. The average molecular weight is 267 g/mol. The van der Waals surface area contributed by atoms with Crippen LogP contribution in [0.1, 0.15) is 11.1 Å². The maximum Gasteiger partial charge on any atom is 0.0345 e. The van der Waals surface area contributed by atoms with Crippen LogP contribution in [-0.4, -0.2) is 6.04 Å². The maximum absolute atomic E-state index is 6.29. The smallest absolute Gasteiger partial charge is 0.0345 e. The predicted octanol–water partition coefficient (Wildman–Crippen LogP) is 4.01. The SMILES string of the molecule is NC(Cc1ccccc1)Cc1csc2ccccc12. The van der Waals surface area contributed by atoms with Gasteiger partial charge in [-0.3, -0.25) is 0 Å². The van der Waals surface area contributed by atoms with Crippen LogP contribution in [0.3, 0.4) is 0 Å². The Labute approximate surface area is 117 Å². The van der Waals surface area contributed by atoms with Crippen molar-refractivity contribution in [3.05, 3.63) is 71.1 Å². The minimum absolute atomic E-state index is 0.181. The fourth-order valence-electron chi connectivity index (χ4n) is 2.46. The van der Waals surface area contributed by atoms with E-state index in [9.17, 15) is 0 Å². The summed E-state index contributed by atoms with van der Waals surface area (Å²) in [6, 6.07) is 19.2. The third-order valence-electron chi connectivity index (χ3n) is 3.38. The van der Waals surface area contributed by atoms with Gasteiger partial charge in [0, 0.05) is 10.7 Å². The normalized spacial score (nSPS) is 12.7. The Kier molecular flexibility index (Phi) is 3.62. The van der Waals surface area contributed by atoms with E-state index in [-0.39, 0.29) is 6.04 Å². The zero-order valence-corrected chi connectivity index (χ0v) is 11.6. The first-order valence-electron chi connectivity index (χ1n) is 6.57. The van der Waals surface area contributed by atoms with Crippen molar-refractivity contribution >= 4 is 21.4 Å². The van der Waals surface area contributed by atoms with E-state index in [1.807, 2.05) is 6.07 Å². The van der Waals surface area contributed by atoms with Gasteiger partial charge in [-0.25, -0.2) is 0 Å². The van der Waals surface area contributed by atoms with E-state index >= 15 is 0 Å². The summed E-state index contributed by atoms with van der Waals surface area (Å²) >= 11 is 1.81. The van der Waals surface area contributed by atoms with Gasteiger partial charge in [-0.15, -0.1) is 11.3 Å². The van der Waals surface area contributed by atoms with Gasteiger partial charge in [0.15, 0.2) is 0 Å². The molecule has 1 unspecified atom stereocenters. The van der Waals surface area contributed by atoms with Crippen molar-refractivity contribution < 1.29 is 0 Å². The summed E-state index contributed by atoms with van der Waals surface area (Å²) in [6.45, 7) is 0. The molecule has 0 saturated heterocycles. The highest BCUT2D eigenvalue weighted by atomic mass is 32.1. The molecule has 0 radical (unpaired) electrons. The third kappa shape index (κ3) is 2.86. The molecule has 0 aliphatic rings. The van der Waals surface area contributed by atoms with Crippen LogP contribution in [0.4, 0.5) is 0 Å². The molecule has 1 atom stereocenters. The molecule has 2 aromatic carbocycles. The van der Waals surface area contributed by atoms with Crippen LogP contribution in [0.5, 0.6) is 0 Å². The predicted molar refractivity (Wildman–Crippen MR) is 83.7 cm³/mol. The van der Waals surface area contributed by atoms with Crippen LogP contribution < -0.4 is 5.73 Å². The first kappa shape index (κ1) is 12.4. The van der Waals surface area contributed by atoms with Crippen molar-refractivity contribution in [2.75, 3.05) is 0 Å². The summed E-state index contributed by atoms with van der Waals surface area (Å²) in [5, 5.41) is 3.60. The number of benzene rings is 2. The van der Waals surface area contributed by atoms with Gasteiger partial charge < -0.3 is 5.73 Å². The van der Waals surface area contributed by atoms with E-state index < -0.39 is 0 Å². The number of nitrogens with two attached hydrogens (primary N) is 1. The molecule has 3 rings (SSSR count). The standard InChI is InChI=1S/C17H17NS/c18-15(10-13-6-2-1-3-7-13)11-14-12-19-17-9-5-4-8-16(14)17/h1-9,12,15H,10-11,18H2. The van der Waals surface area contributed by atoms with E-state index in [2.05, 4.69) is 53.9 Å². The van der Waals surface area contributed by atoms with Gasteiger partial charge in [0.1, 0.15) is 0 Å². The lowest BCUT2D eigenvalue weighted by Gasteiger charge is -2.11. The molecule has 0 aliphatic carbocycles. The first-order chi connectivity index (χ1) is 9.33. The maximum atomic E-state index is 6.29. The quantitative estimate of drug-likeness (QED) is 0.759. The summed E-state index contributed by atoms with van der Waals surface area (Å²) in [7, 11) is 0. The van der Waals surface area contributed by atoms with Gasteiger partial charge in [0.05, 0.1) is 0 Å². The molecule has 2 N–H and O–H groups in total. The summed E-state index contributed by atoms with van der Waals surface area (Å²) in [5.41, 5.74) is 8.99. The largest absolute Gasteiger partial charge is 0.327 e. The van der Waals surface area contributed by atoms with Gasteiger partial charge in [0.25, 0.3) is 0 Å². The van der Waals surface area contributed by atoms with Crippen LogP contribution in [0, 0.1) is 0 Å². The van der Waals surface area contributed by atoms with Crippen molar-refractivity contribution in [1.82, 2.24) is 0 Å². The number of fused-ring (bicyclic) bond motifs is 1. The number of hydrogen-bond donors (Lipinski definition) is 1. The van der Waals surface area contributed by atoms with Crippen molar-refractivity contribution in [2.45, 2.75) is 18.9 Å². The van der Waals surface area contributed by atoms with E-state index in [0.717, 1.165) is 12.8 Å². The molecule has 0 fully saturated rings. The Balaban J connectivity index is 1.74. The second-order valence-electron chi connectivity index (χ2n) is 4.91. The van der Waals surface area contributed by atoms with Crippen molar-refractivity contribution in [3.8, 4) is 0 Å². The van der Waals surface area contributed by atoms with E-state index in [4.69, 9.17) is 5.73 Å². The highest BCUT2D eigenvalue weighted by molar-refractivity contribution is 7.17. The highest BCUT2D eigenvalue weighted by Gasteiger charge is 2.09. The second kappa shape index (κ2) is 5.55. The van der Waals surface area contributed by atoms with Gasteiger partial charge in [-0.2, -0.15) is 0 Å². The second-order valence-corrected chi connectivity index (χ2v) is 5.82. The molecule has 2 heteroatoms. The first-order valence-corrected chi connectivity index (χ1v) is 7.45. The molecule has 0 saturated carbocycles. The molecule has 1 heterocycles. The summed E-state index contributed by atoms with van der Waals surface area (Å²) < 4.78 is 1.35. The van der Waals surface area contributed by atoms with E-state index in [1.54, 1.807) is 11.3 Å². The zero-order valence-electron chi connectivity index (χ0n) is 10.8. The van der Waals surface area contributed by atoms with Crippen LogP contribution in [0.25, 0.3) is 10.1 Å². The molecule has 19 heavy (non-hydrogen) atoms. The minimum atomic E-state index is 0.181. The van der Waals surface area contributed by atoms with Gasteiger partial charge in [-0.1, -0.05) is 48.5 Å². The van der Waals surface area contributed by atoms with Gasteiger partial charge in [-0.05, 0) is 40.8 Å². The topological polar surface area (TPSA) is 26.0 Å². The monoisotopic (exact) mass is 267 g/mol. The molecule has 0 spiro atoms. The van der Waals surface area contributed by atoms with Crippen molar-refractivity contribution in [1.29, 1.82) is 0 Å². The van der Waals surface area contributed by atoms with Gasteiger partial charge >= 0.3 is 0 Å². The molecule has 1 aromatic heterocycles. The van der Waals surface area contributed by atoms with Gasteiger partial charge in [0.2, 0.25) is 0 Å². The average Bonchev–Trinajstić information content (AvgIpc) is 2.83. The van der Waals surface area contributed by atoms with Crippen LogP contribution in [0.15, 0.2) is 60.0 Å². The number of thiophene rings is 1. The summed E-state index contributed by atoms with van der Waals surface area (Å²) in [6.07, 6.45) is 1.88. The lowest BCUT2D eigenvalue weighted by Crippen LogP contribution is -2.25. The summed E-state index contributed by atoms with van der Waals surface area (Å²) in [5.74, 6) is 0. The summed E-state index contributed by atoms with van der Waals surface area (Å²) in [4.78, 5) is 0. The van der Waals surface area contributed by atoms with Crippen molar-refractivity contribution in [3.63, 3.8) is 0 Å². The lowest BCUT2D eigenvalue weighted by atomic mass is 9.99. The molecule has 1 nitrogen and oxygen atoms in total. The van der Waals surface area contributed by atoms with E-state index in [0.29, 0.717) is 0 Å². The van der Waals surface area contributed by atoms with Crippen LogP contribution >= 0.6 is 11.3 Å². The fourth-order valence-corrected chi connectivity index (χ4v) is 3.44. The Hall–Kier alpha value is -1.64. The Morgan fingerprint density at radius 1 is 0.895 bits per heavy atom. The molecule has 0 aliphatic heterocycles. The third-order valence-corrected chi connectivity index (χ3v) is 4.40. The molecule has 96 valence electrons. The van der Waals surface area contributed by atoms with Crippen LogP contribution in [0.2, 0.25) is 0 Å².